The summed E-state index contributed by atoms with van der Waals surface area (Å²) in [5.41, 5.74) is 1.96. The first kappa shape index (κ1) is 26.3. The molecular formula is C28H27ClN6O4. The molecule has 10 nitrogen and oxygen atoms in total. The van der Waals surface area contributed by atoms with E-state index >= 15 is 0 Å². The number of non-ortho nitro benzene ring substituents is 1. The number of benzene rings is 2. The van der Waals surface area contributed by atoms with Gasteiger partial charge in [0.25, 0.3) is 11.6 Å². The van der Waals surface area contributed by atoms with Crippen LogP contribution in [0.25, 0.3) is 22.8 Å². The van der Waals surface area contributed by atoms with E-state index in [0.29, 0.717) is 41.1 Å². The molecule has 2 heterocycles. The maximum absolute atomic E-state index is 13.6. The number of pyridine rings is 1. The highest BCUT2D eigenvalue weighted by molar-refractivity contribution is 6.32. The van der Waals surface area contributed by atoms with Gasteiger partial charge in [-0.25, -0.2) is 9.67 Å². The van der Waals surface area contributed by atoms with Crippen molar-refractivity contribution in [3.05, 3.63) is 87.7 Å². The van der Waals surface area contributed by atoms with Crippen LogP contribution < -0.4 is 4.74 Å². The zero-order valence-corrected chi connectivity index (χ0v) is 22.1. The van der Waals surface area contributed by atoms with Crippen LogP contribution in [0.1, 0.15) is 36.0 Å². The monoisotopic (exact) mass is 546 g/mol. The van der Waals surface area contributed by atoms with Crippen molar-refractivity contribution in [2.75, 3.05) is 13.7 Å². The molecule has 39 heavy (non-hydrogen) atoms. The maximum Gasteiger partial charge on any atom is 0.269 e. The molecule has 11 heteroatoms. The van der Waals surface area contributed by atoms with Gasteiger partial charge in [-0.05, 0) is 55.3 Å². The van der Waals surface area contributed by atoms with Gasteiger partial charge in [-0.1, -0.05) is 24.4 Å². The van der Waals surface area contributed by atoms with E-state index in [1.807, 2.05) is 23.1 Å². The molecule has 0 unspecified atom stereocenters. The van der Waals surface area contributed by atoms with Crippen molar-refractivity contribution in [2.24, 2.45) is 0 Å². The zero-order valence-electron chi connectivity index (χ0n) is 21.4. The van der Waals surface area contributed by atoms with Gasteiger partial charge in [0, 0.05) is 53.8 Å². The minimum atomic E-state index is -0.471. The molecule has 5 rings (SSSR count). The number of rotatable bonds is 9. The van der Waals surface area contributed by atoms with Crippen molar-refractivity contribution in [3.8, 4) is 28.5 Å². The minimum absolute atomic E-state index is 0.0481. The van der Waals surface area contributed by atoms with Gasteiger partial charge in [-0.3, -0.25) is 19.9 Å². The average molecular weight is 547 g/mol. The number of hydrogen-bond acceptors (Lipinski definition) is 7. The average Bonchev–Trinajstić information content (AvgIpc) is 3.64. The van der Waals surface area contributed by atoms with Crippen molar-refractivity contribution >= 4 is 23.2 Å². The van der Waals surface area contributed by atoms with Crippen LogP contribution in [0.2, 0.25) is 5.02 Å². The summed E-state index contributed by atoms with van der Waals surface area (Å²) in [6.45, 7) is 0.794. The van der Waals surface area contributed by atoms with E-state index in [2.05, 4.69) is 4.98 Å². The highest BCUT2D eigenvalue weighted by Gasteiger charge is 2.28. The third-order valence-corrected chi connectivity index (χ3v) is 7.22. The Morgan fingerprint density at radius 2 is 1.82 bits per heavy atom. The van der Waals surface area contributed by atoms with Gasteiger partial charge in [0.2, 0.25) is 0 Å². The number of carbonyl (C=O) groups is 1. The SMILES string of the molecule is COc1ccc(-c2nc(-c3ccncc3)nn2CCN(C(=O)c2ccc([N+](=O)[O-])cc2)C2CCCC2)cc1Cl. The number of methoxy groups -OCH3 is 1. The second-order valence-corrected chi connectivity index (χ2v) is 9.72. The van der Waals surface area contributed by atoms with Crippen LogP contribution >= 0.6 is 11.6 Å². The van der Waals surface area contributed by atoms with E-state index in [4.69, 9.17) is 26.4 Å². The molecule has 1 amide bonds. The van der Waals surface area contributed by atoms with Crippen LogP contribution in [-0.4, -0.2) is 55.2 Å². The van der Waals surface area contributed by atoms with Gasteiger partial charge in [0.1, 0.15) is 5.75 Å². The predicted octanol–water partition coefficient (Wildman–Crippen LogP) is 5.66. The molecule has 0 radical (unpaired) electrons. The molecule has 0 spiro atoms. The van der Waals surface area contributed by atoms with E-state index in [1.54, 1.807) is 36.3 Å². The lowest BCUT2D eigenvalue weighted by Crippen LogP contribution is -2.41. The summed E-state index contributed by atoms with van der Waals surface area (Å²) in [7, 11) is 1.56. The molecule has 4 aromatic rings. The maximum atomic E-state index is 13.6. The van der Waals surface area contributed by atoms with E-state index in [1.165, 1.54) is 24.3 Å². The third kappa shape index (κ3) is 5.75. The summed E-state index contributed by atoms with van der Waals surface area (Å²) in [4.78, 5) is 35.0. The van der Waals surface area contributed by atoms with Gasteiger partial charge in [0.15, 0.2) is 11.6 Å². The Bertz CT molecular complexity index is 1470. The summed E-state index contributed by atoms with van der Waals surface area (Å²) >= 11 is 6.42. The van der Waals surface area contributed by atoms with E-state index in [-0.39, 0.29) is 17.6 Å². The molecule has 1 saturated carbocycles. The van der Waals surface area contributed by atoms with Crippen LogP contribution in [0.4, 0.5) is 5.69 Å². The van der Waals surface area contributed by atoms with Crippen molar-refractivity contribution < 1.29 is 14.5 Å². The topological polar surface area (TPSA) is 116 Å². The Labute approximate surface area is 230 Å². The lowest BCUT2D eigenvalue weighted by Gasteiger charge is -2.29. The third-order valence-electron chi connectivity index (χ3n) is 6.92. The summed E-state index contributed by atoms with van der Waals surface area (Å²) in [6, 6.07) is 15.0. The van der Waals surface area contributed by atoms with Gasteiger partial charge < -0.3 is 9.64 Å². The Morgan fingerprint density at radius 3 is 2.46 bits per heavy atom. The van der Waals surface area contributed by atoms with Crippen LogP contribution in [0, 0.1) is 10.1 Å². The van der Waals surface area contributed by atoms with Crippen molar-refractivity contribution in [2.45, 2.75) is 38.3 Å². The predicted molar refractivity (Wildman–Crippen MR) is 147 cm³/mol. The molecule has 1 fully saturated rings. The second-order valence-electron chi connectivity index (χ2n) is 9.31. The van der Waals surface area contributed by atoms with Crippen molar-refractivity contribution in [1.82, 2.24) is 24.6 Å². The molecule has 2 aromatic carbocycles. The standard InChI is InChI=1S/C28H27ClN6O4/c1-39-25-11-8-21(18-24(25)29)27-31-26(19-12-14-30-15-13-19)32-34(27)17-16-33(22-4-2-3-5-22)28(36)20-6-9-23(10-7-20)35(37)38/h6-15,18,22H,2-5,16-17H2,1H3. The van der Waals surface area contributed by atoms with E-state index in [9.17, 15) is 14.9 Å². The fourth-order valence-electron chi connectivity index (χ4n) is 4.90. The molecule has 0 saturated heterocycles. The highest BCUT2D eigenvalue weighted by atomic mass is 35.5. The molecule has 0 N–H and O–H groups in total. The van der Waals surface area contributed by atoms with Crippen molar-refractivity contribution in [1.29, 1.82) is 0 Å². The molecule has 1 aliphatic rings. The number of halogens is 1. The molecule has 0 aliphatic heterocycles. The summed E-state index contributed by atoms with van der Waals surface area (Å²) < 4.78 is 7.09. The molecule has 2 aromatic heterocycles. The van der Waals surface area contributed by atoms with Crippen LogP contribution in [0.3, 0.4) is 0 Å². The number of nitro groups is 1. The van der Waals surface area contributed by atoms with Crippen LogP contribution in [0.5, 0.6) is 5.75 Å². The number of ether oxygens (including phenoxy) is 1. The quantitative estimate of drug-likeness (QED) is 0.196. The van der Waals surface area contributed by atoms with E-state index in [0.717, 1.165) is 36.8 Å². The van der Waals surface area contributed by atoms with Crippen LogP contribution in [0.15, 0.2) is 67.0 Å². The fraction of sp³-hybridized carbons (Fsp3) is 0.286. The lowest BCUT2D eigenvalue weighted by atomic mass is 10.1. The first-order valence-corrected chi connectivity index (χ1v) is 13.1. The number of nitro benzene ring substituents is 1. The smallest absolute Gasteiger partial charge is 0.269 e. The minimum Gasteiger partial charge on any atom is -0.495 e. The Hall–Kier alpha value is -4.31. The number of carbonyl (C=O) groups excluding carboxylic acids is 1. The Kier molecular flexibility index (Phi) is 7.83. The van der Waals surface area contributed by atoms with Crippen molar-refractivity contribution in [3.63, 3.8) is 0 Å². The molecular weight excluding hydrogens is 520 g/mol. The summed E-state index contributed by atoms with van der Waals surface area (Å²) in [5, 5.41) is 16.3. The number of nitrogens with zero attached hydrogens (tertiary/aromatic N) is 6. The number of aromatic nitrogens is 4. The van der Waals surface area contributed by atoms with Crippen LogP contribution in [-0.2, 0) is 6.54 Å². The summed E-state index contributed by atoms with van der Waals surface area (Å²) in [5.74, 6) is 1.55. The first-order valence-electron chi connectivity index (χ1n) is 12.7. The number of hydrogen-bond donors (Lipinski definition) is 0. The molecule has 0 bridgehead atoms. The van der Waals surface area contributed by atoms with Gasteiger partial charge in [-0.15, -0.1) is 0 Å². The zero-order chi connectivity index (χ0) is 27.4. The molecule has 0 atom stereocenters. The second kappa shape index (κ2) is 11.6. The first-order chi connectivity index (χ1) is 18.9. The Morgan fingerprint density at radius 1 is 1.10 bits per heavy atom. The van der Waals surface area contributed by atoms with Gasteiger partial charge in [0.05, 0.1) is 23.6 Å². The number of amides is 1. The normalized spacial score (nSPS) is 13.4. The fourth-order valence-corrected chi connectivity index (χ4v) is 5.16. The molecule has 1 aliphatic carbocycles. The van der Waals surface area contributed by atoms with E-state index < -0.39 is 4.92 Å². The van der Waals surface area contributed by atoms with Gasteiger partial charge >= 0.3 is 0 Å². The highest BCUT2D eigenvalue weighted by Crippen LogP contribution is 2.31. The lowest BCUT2D eigenvalue weighted by molar-refractivity contribution is -0.384. The summed E-state index contributed by atoms with van der Waals surface area (Å²) in [6.07, 6.45) is 7.31. The van der Waals surface area contributed by atoms with Gasteiger partial charge in [-0.2, -0.15) is 5.10 Å². The Balaban J connectivity index is 1.46. The largest absolute Gasteiger partial charge is 0.495 e. The molecule has 200 valence electrons.